The molecule has 0 aromatic carbocycles. The third-order valence-electron chi connectivity index (χ3n) is 3.60. The fourth-order valence-corrected chi connectivity index (χ4v) is 2.37. The summed E-state index contributed by atoms with van der Waals surface area (Å²) in [6.45, 7) is 2.19. The zero-order valence-corrected chi connectivity index (χ0v) is 13.0. The summed E-state index contributed by atoms with van der Waals surface area (Å²) in [5.74, 6) is 0. The summed E-state index contributed by atoms with van der Waals surface area (Å²) in [5.41, 5.74) is 0. The van der Waals surface area contributed by atoms with Crippen LogP contribution in [0.15, 0.2) is 12.2 Å². The second-order valence-electron chi connectivity index (χ2n) is 5.51. The number of hydrogen-bond acceptors (Lipinski definition) is 1. The van der Waals surface area contributed by atoms with Gasteiger partial charge < -0.3 is 4.79 Å². The van der Waals surface area contributed by atoms with Crippen molar-refractivity contribution in [1.29, 1.82) is 0 Å². The number of allylic oxidation sites excluding steroid dienone is 2. The molecule has 1 heteroatoms. The molecule has 1 nitrogen and oxygen atoms in total. The second kappa shape index (κ2) is 17.4. The minimum atomic E-state index is 0.757. The number of carbonyl (C=O) groups is 1. The normalized spacial score (nSPS) is 11.2. The minimum Gasteiger partial charge on any atom is -0.303 e. The molecule has 0 aromatic heterocycles. The Labute approximate surface area is 120 Å². The molecule has 112 valence electrons. The van der Waals surface area contributed by atoms with E-state index in [1.807, 2.05) is 0 Å². The van der Waals surface area contributed by atoms with E-state index in [4.69, 9.17) is 0 Å². The fourth-order valence-electron chi connectivity index (χ4n) is 2.37. The number of aldehydes is 1. The van der Waals surface area contributed by atoms with Gasteiger partial charge in [0.15, 0.2) is 0 Å². The molecule has 0 unspecified atom stereocenters. The SMILES string of the molecule is CC/C=C\CCCCCCCCCCCCCC=O. The third-order valence-corrected chi connectivity index (χ3v) is 3.60. The van der Waals surface area contributed by atoms with Gasteiger partial charge in [-0.2, -0.15) is 0 Å². The molecule has 0 bridgehead atoms. The van der Waals surface area contributed by atoms with Crippen LogP contribution in [-0.4, -0.2) is 6.29 Å². The Kier molecular flexibility index (Phi) is 16.9. The maximum Gasteiger partial charge on any atom is 0.119 e. The summed E-state index contributed by atoms with van der Waals surface area (Å²) in [7, 11) is 0. The van der Waals surface area contributed by atoms with E-state index < -0.39 is 0 Å². The molecule has 0 radical (unpaired) electrons. The van der Waals surface area contributed by atoms with Gasteiger partial charge in [0.25, 0.3) is 0 Å². The molecule has 0 fully saturated rings. The van der Waals surface area contributed by atoms with Crippen LogP contribution < -0.4 is 0 Å². The molecule has 19 heavy (non-hydrogen) atoms. The first-order valence-electron chi connectivity index (χ1n) is 8.50. The minimum absolute atomic E-state index is 0.757. The highest BCUT2D eigenvalue weighted by molar-refractivity contribution is 5.48. The first-order chi connectivity index (χ1) is 9.41. The van der Waals surface area contributed by atoms with Crippen molar-refractivity contribution in [1.82, 2.24) is 0 Å². The van der Waals surface area contributed by atoms with Crippen molar-refractivity contribution in [2.75, 3.05) is 0 Å². The van der Waals surface area contributed by atoms with Gasteiger partial charge in [0.1, 0.15) is 6.29 Å². The van der Waals surface area contributed by atoms with E-state index in [0.29, 0.717) is 0 Å². The standard InChI is InChI=1S/C18H34O/c1-2-3-4-5-6-7-8-9-10-11-12-13-14-15-16-17-18-19/h3-4,18H,2,5-17H2,1H3/b4-3-. The van der Waals surface area contributed by atoms with Gasteiger partial charge in [-0.1, -0.05) is 76.9 Å². The molecular weight excluding hydrogens is 232 g/mol. The van der Waals surface area contributed by atoms with Crippen LogP contribution in [0.25, 0.3) is 0 Å². The van der Waals surface area contributed by atoms with E-state index in [1.165, 1.54) is 77.0 Å². The molecule has 0 heterocycles. The molecule has 0 rings (SSSR count). The van der Waals surface area contributed by atoms with Gasteiger partial charge in [-0.25, -0.2) is 0 Å². The predicted molar refractivity (Wildman–Crippen MR) is 85.5 cm³/mol. The Hall–Kier alpha value is -0.590. The first kappa shape index (κ1) is 18.4. The lowest BCUT2D eigenvalue weighted by Crippen LogP contribution is -1.83. The average molecular weight is 266 g/mol. The molecular formula is C18H34O. The van der Waals surface area contributed by atoms with Crippen molar-refractivity contribution in [3.8, 4) is 0 Å². The van der Waals surface area contributed by atoms with Crippen molar-refractivity contribution in [3.05, 3.63) is 12.2 Å². The zero-order chi connectivity index (χ0) is 14.0. The highest BCUT2D eigenvalue weighted by Crippen LogP contribution is 2.12. The largest absolute Gasteiger partial charge is 0.303 e. The number of hydrogen-bond donors (Lipinski definition) is 0. The summed E-state index contributed by atoms with van der Waals surface area (Å²) in [4.78, 5) is 10.1. The molecule has 0 aliphatic rings. The van der Waals surface area contributed by atoms with Crippen molar-refractivity contribution in [2.24, 2.45) is 0 Å². The van der Waals surface area contributed by atoms with Crippen LogP contribution in [0.4, 0.5) is 0 Å². The van der Waals surface area contributed by atoms with E-state index in [2.05, 4.69) is 19.1 Å². The summed E-state index contributed by atoms with van der Waals surface area (Å²) < 4.78 is 0. The van der Waals surface area contributed by atoms with Crippen molar-refractivity contribution >= 4 is 6.29 Å². The van der Waals surface area contributed by atoms with Gasteiger partial charge in [-0.3, -0.25) is 0 Å². The molecule has 0 aromatic rings. The van der Waals surface area contributed by atoms with Gasteiger partial charge in [0.05, 0.1) is 0 Å². The molecule has 0 amide bonds. The van der Waals surface area contributed by atoms with Crippen LogP contribution >= 0.6 is 0 Å². The predicted octanol–water partition coefficient (Wildman–Crippen LogP) is 6.22. The fraction of sp³-hybridized carbons (Fsp3) is 0.833. The molecule has 0 N–H and O–H groups in total. The maximum atomic E-state index is 10.1. The van der Waals surface area contributed by atoms with Gasteiger partial charge in [0.2, 0.25) is 0 Å². The smallest absolute Gasteiger partial charge is 0.119 e. The Bertz CT molecular complexity index is 196. The second-order valence-corrected chi connectivity index (χ2v) is 5.51. The van der Waals surface area contributed by atoms with Gasteiger partial charge >= 0.3 is 0 Å². The van der Waals surface area contributed by atoms with E-state index in [0.717, 1.165) is 19.1 Å². The van der Waals surface area contributed by atoms with Crippen LogP contribution in [0.1, 0.15) is 96.8 Å². The molecule has 0 spiro atoms. The lowest BCUT2D eigenvalue weighted by atomic mass is 10.0. The number of carbonyl (C=O) groups excluding carboxylic acids is 1. The molecule has 0 saturated carbocycles. The monoisotopic (exact) mass is 266 g/mol. The van der Waals surface area contributed by atoms with Crippen LogP contribution in [0.5, 0.6) is 0 Å². The number of rotatable bonds is 15. The summed E-state index contributed by atoms with van der Waals surface area (Å²) in [5, 5.41) is 0. The Morgan fingerprint density at radius 2 is 1.00 bits per heavy atom. The molecule has 0 aliphatic heterocycles. The third kappa shape index (κ3) is 17.4. The van der Waals surface area contributed by atoms with E-state index in [-0.39, 0.29) is 0 Å². The van der Waals surface area contributed by atoms with Crippen LogP contribution in [-0.2, 0) is 4.79 Å². The summed E-state index contributed by atoms with van der Waals surface area (Å²) >= 11 is 0. The number of unbranched alkanes of at least 4 members (excludes halogenated alkanes) is 12. The quantitative estimate of drug-likeness (QED) is 0.195. The van der Waals surface area contributed by atoms with Crippen molar-refractivity contribution < 1.29 is 4.79 Å². The topological polar surface area (TPSA) is 17.1 Å². The van der Waals surface area contributed by atoms with Gasteiger partial charge in [-0.15, -0.1) is 0 Å². The molecule has 0 atom stereocenters. The van der Waals surface area contributed by atoms with Gasteiger partial charge in [-0.05, 0) is 25.7 Å². The molecule has 0 aliphatic carbocycles. The Balaban J connectivity index is 2.95. The lowest BCUT2D eigenvalue weighted by Gasteiger charge is -2.02. The highest BCUT2D eigenvalue weighted by atomic mass is 16.1. The van der Waals surface area contributed by atoms with Crippen molar-refractivity contribution in [2.45, 2.75) is 96.8 Å². The zero-order valence-electron chi connectivity index (χ0n) is 13.0. The average Bonchev–Trinajstić information content (AvgIpc) is 2.43. The summed E-state index contributed by atoms with van der Waals surface area (Å²) in [6, 6.07) is 0. The van der Waals surface area contributed by atoms with Crippen LogP contribution in [0.3, 0.4) is 0 Å². The molecule has 0 saturated heterocycles. The van der Waals surface area contributed by atoms with E-state index >= 15 is 0 Å². The Morgan fingerprint density at radius 3 is 1.42 bits per heavy atom. The highest BCUT2D eigenvalue weighted by Gasteiger charge is 1.93. The summed E-state index contributed by atoms with van der Waals surface area (Å²) in [6.07, 6.45) is 23.7. The van der Waals surface area contributed by atoms with E-state index in [9.17, 15) is 4.79 Å². The van der Waals surface area contributed by atoms with E-state index in [1.54, 1.807) is 0 Å². The Morgan fingerprint density at radius 1 is 0.579 bits per heavy atom. The maximum absolute atomic E-state index is 10.1. The lowest BCUT2D eigenvalue weighted by molar-refractivity contribution is -0.107. The first-order valence-corrected chi connectivity index (χ1v) is 8.50. The van der Waals surface area contributed by atoms with Gasteiger partial charge in [0, 0.05) is 6.42 Å². The van der Waals surface area contributed by atoms with Crippen LogP contribution in [0, 0.1) is 0 Å². The van der Waals surface area contributed by atoms with Crippen molar-refractivity contribution in [3.63, 3.8) is 0 Å². The van der Waals surface area contributed by atoms with Crippen LogP contribution in [0.2, 0.25) is 0 Å².